The van der Waals surface area contributed by atoms with Crippen molar-refractivity contribution in [1.82, 2.24) is 4.57 Å². The molecule has 4 heteroatoms. The summed E-state index contributed by atoms with van der Waals surface area (Å²) in [5, 5.41) is 0. The van der Waals surface area contributed by atoms with E-state index in [0.29, 0.717) is 11.1 Å². The van der Waals surface area contributed by atoms with Gasteiger partial charge in [0, 0.05) is 18.5 Å². The van der Waals surface area contributed by atoms with Crippen LogP contribution in [0.25, 0.3) is 11.1 Å². The molecule has 1 unspecified atom stereocenters. The minimum absolute atomic E-state index is 0.0591. The average Bonchev–Trinajstić information content (AvgIpc) is 2.89. The van der Waals surface area contributed by atoms with Crippen LogP contribution in [0.4, 0.5) is 0 Å². The van der Waals surface area contributed by atoms with E-state index in [1.807, 2.05) is 0 Å². The van der Waals surface area contributed by atoms with Gasteiger partial charge in [-0.3, -0.25) is 9.36 Å². The van der Waals surface area contributed by atoms with Crippen LogP contribution in [0.3, 0.4) is 0 Å². The third-order valence-corrected chi connectivity index (χ3v) is 4.65. The standard InChI is InChI=1S/C16H19NO3/c1-16(2)8-4-5-11(16)14(18)10-6-7-12-13(9-10)20-15(19)17(12)3/h6-7,9,11H,4-5,8H2,1-3H3. The van der Waals surface area contributed by atoms with E-state index in [-0.39, 0.29) is 17.1 Å². The van der Waals surface area contributed by atoms with Gasteiger partial charge in [0.2, 0.25) is 0 Å². The molecule has 1 aromatic heterocycles. The molecular formula is C16H19NO3. The van der Waals surface area contributed by atoms with Gasteiger partial charge in [-0.2, -0.15) is 0 Å². The Hall–Kier alpha value is -1.84. The first-order chi connectivity index (χ1) is 9.40. The number of ketones is 1. The van der Waals surface area contributed by atoms with Crippen LogP contribution >= 0.6 is 0 Å². The first-order valence-corrected chi connectivity index (χ1v) is 7.04. The van der Waals surface area contributed by atoms with Gasteiger partial charge in [0.1, 0.15) is 0 Å². The highest BCUT2D eigenvalue weighted by atomic mass is 16.4. The molecule has 3 rings (SSSR count). The summed E-state index contributed by atoms with van der Waals surface area (Å²) in [6.07, 6.45) is 3.14. The molecule has 4 nitrogen and oxygen atoms in total. The van der Waals surface area contributed by atoms with Crippen LogP contribution in [-0.4, -0.2) is 10.4 Å². The molecule has 1 heterocycles. The predicted molar refractivity (Wildman–Crippen MR) is 76.9 cm³/mol. The van der Waals surface area contributed by atoms with Crippen molar-refractivity contribution in [1.29, 1.82) is 0 Å². The summed E-state index contributed by atoms with van der Waals surface area (Å²) in [6.45, 7) is 4.31. The Morgan fingerprint density at radius 3 is 2.80 bits per heavy atom. The molecule has 0 radical (unpaired) electrons. The smallest absolute Gasteiger partial charge is 0.408 e. The number of hydrogen-bond donors (Lipinski definition) is 0. The summed E-state index contributed by atoms with van der Waals surface area (Å²) in [7, 11) is 1.66. The molecule has 0 bridgehead atoms. The zero-order valence-corrected chi connectivity index (χ0v) is 12.1. The monoisotopic (exact) mass is 273 g/mol. The SMILES string of the molecule is Cn1c(=O)oc2cc(C(=O)C3CCCC3(C)C)ccc21. The van der Waals surface area contributed by atoms with Crippen molar-refractivity contribution in [3.05, 3.63) is 34.3 Å². The molecule has 2 aromatic rings. The maximum atomic E-state index is 12.7. The maximum absolute atomic E-state index is 12.7. The number of carbonyl (C=O) groups excluding carboxylic acids is 1. The maximum Gasteiger partial charge on any atom is 0.419 e. The van der Waals surface area contributed by atoms with E-state index in [0.717, 1.165) is 24.8 Å². The number of benzene rings is 1. The molecule has 1 fully saturated rings. The first-order valence-electron chi connectivity index (χ1n) is 7.04. The third kappa shape index (κ3) is 1.90. The molecule has 20 heavy (non-hydrogen) atoms. The van der Waals surface area contributed by atoms with E-state index in [1.165, 1.54) is 4.57 Å². The second kappa shape index (κ2) is 4.33. The summed E-state index contributed by atoms with van der Waals surface area (Å²) >= 11 is 0. The molecule has 1 atom stereocenters. The van der Waals surface area contributed by atoms with Crippen molar-refractivity contribution >= 4 is 16.9 Å². The van der Waals surface area contributed by atoms with Gasteiger partial charge in [0.15, 0.2) is 11.4 Å². The molecule has 0 amide bonds. The normalized spacial score (nSPS) is 21.4. The summed E-state index contributed by atoms with van der Waals surface area (Å²) in [4.78, 5) is 24.2. The van der Waals surface area contributed by atoms with Crippen LogP contribution in [-0.2, 0) is 7.05 Å². The first kappa shape index (κ1) is 13.2. The second-order valence-corrected chi connectivity index (χ2v) is 6.41. The Balaban J connectivity index is 2.02. The summed E-state index contributed by atoms with van der Waals surface area (Å²) in [5.41, 5.74) is 1.91. The quantitative estimate of drug-likeness (QED) is 0.790. The van der Waals surface area contributed by atoms with Gasteiger partial charge in [-0.15, -0.1) is 0 Å². The Morgan fingerprint density at radius 2 is 2.15 bits per heavy atom. The van der Waals surface area contributed by atoms with E-state index in [1.54, 1.807) is 25.2 Å². The number of nitrogens with zero attached hydrogens (tertiary/aromatic N) is 1. The molecule has 1 saturated carbocycles. The fourth-order valence-corrected chi connectivity index (χ4v) is 3.30. The highest BCUT2D eigenvalue weighted by Crippen LogP contribution is 2.44. The van der Waals surface area contributed by atoms with Crippen LogP contribution in [0.1, 0.15) is 43.5 Å². The second-order valence-electron chi connectivity index (χ2n) is 6.41. The van der Waals surface area contributed by atoms with Crippen molar-refractivity contribution in [2.24, 2.45) is 18.4 Å². The van der Waals surface area contributed by atoms with Crippen LogP contribution in [0.5, 0.6) is 0 Å². The summed E-state index contributed by atoms with van der Waals surface area (Å²) in [6, 6.07) is 5.29. The predicted octanol–water partition coefficient (Wildman–Crippen LogP) is 3.14. The van der Waals surface area contributed by atoms with Crippen molar-refractivity contribution in [2.45, 2.75) is 33.1 Å². The number of hydrogen-bond acceptors (Lipinski definition) is 3. The number of aromatic nitrogens is 1. The minimum atomic E-state index is -0.397. The lowest BCUT2D eigenvalue weighted by atomic mass is 9.78. The van der Waals surface area contributed by atoms with Gasteiger partial charge in [-0.1, -0.05) is 20.3 Å². The number of fused-ring (bicyclic) bond motifs is 1. The van der Waals surface area contributed by atoms with E-state index in [9.17, 15) is 9.59 Å². The Labute approximate surface area is 117 Å². The number of oxazole rings is 1. The van der Waals surface area contributed by atoms with E-state index < -0.39 is 5.76 Å². The summed E-state index contributed by atoms with van der Waals surface area (Å²) in [5.74, 6) is -0.165. The van der Waals surface area contributed by atoms with Crippen molar-refractivity contribution in [3.8, 4) is 0 Å². The number of Topliss-reactive ketones (excluding diaryl/α,β-unsaturated/α-hetero) is 1. The van der Waals surface area contributed by atoms with Gasteiger partial charge < -0.3 is 4.42 Å². The number of aryl methyl sites for hydroxylation is 1. The molecule has 106 valence electrons. The molecule has 0 saturated heterocycles. The average molecular weight is 273 g/mol. The van der Waals surface area contributed by atoms with E-state index >= 15 is 0 Å². The van der Waals surface area contributed by atoms with E-state index in [2.05, 4.69) is 13.8 Å². The van der Waals surface area contributed by atoms with Crippen LogP contribution < -0.4 is 5.76 Å². The van der Waals surface area contributed by atoms with Crippen LogP contribution in [0.15, 0.2) is 27.4 Å². The van der Waals surface area contributed by atoms with Gasteiger partial charge >= 0.3 is 5.76 Å². The van der Waals surface area contributed by atoms with Gasteiger partial charge in [-0.05, 0) is 36.5 Å². The van der Waals surface area contributed by atoms with E-state index in [4.69, 9.17) is 4.42 Å². The molecule has 0 aliphatic heterocycles. The zero-order chi connectivity index (χ0) is 14.5. The fraction of sp³-hybridized carbons (Fsp3) is 0.500. The van der Waals surface area contributed by atoms with Crippen LogP contribution in [0.2, 0.25) is 0 Å². The van der Waals surface area contributed by atoms with Gasteiger partial charge in [0.05, 0.1) is 5.52 Å². The lowest BCUT2D eigenvalue weighted by Gasteiger charge is -2.25. The summed E-state index contributed by atoms with van der Waals surface area (Å²) < 4.78 is 6.61. The zero-order valence-electron chi connectivity index (χ0n) is 12.1. The molecule has 0 N–H and O–H groups in total. The van der Waals surface area contributed by atoms with Crippen molar-refractivity contribution in [2.75, 3.05) is 0 Å². The largest absolute Gasteiger partial charge is 0.419 e. The topological polar surface area (TPSA) is 52.2 Å². The molecule has 0 spiro atoms. The number of rotatable bonds is 2. The highest BCUT2D eigenvalue weighted by molar-refractivity contribution is 6.00. The highest BCUT2D eigenvalue weighted by Gasteiger charge is 2.39. The minimum Gasteiger partial charge on any atom is -0.408 e. The molecule has 1 aliphatic carbocycles. The lowest BCUT2D eigenvalue weighted by molar-refractivity contribution is 0.0839. The fourth-order valence-electron chi connectivity index (χ4n) is 3.30. The van der Waals surface area contributed by atoms with Crippen LogP contribution in [0, 0.1) is 11.3 Å². The van der Waals surface area contributed by atoms with Gasteiger partial charge in [0.25, 0.3) is 0 Å². The van der Waals surface area contributed by atoms with Crippen molar-refractivity contribution < 1.29 is 9.21 Å². The van der Waals surface area contributed by atoms with Crippen molar-refractivity contribution in [3.63, 3.8) is 0 Å². The lowest BCUT2D eigenvalue weighted by Crippen LogP contribution is -2.25. The Kier molecular flexibility index (Phi) is 2.85. The Morgan fingerprint density at radius 1 is 1.40 bits per heavy atom. The molecular weight excluding hydrogens is 254 g/mol. The van der Waals surface area contributed by atoms with Gasteiger partial charge in [-0.25, -0.2) is 4.79 Å². The molecule has 1 aliphatic rings. The Bertz CT molecular complexity index is 736. The molecule has 1 aromatic carbocycles. The number of carbonyl (C=O) groups is 1. The third-order valence-electron chi connectivity index (χ3n) is 4.65.